The molecule has 1 saturated heterocycles. The van der Waals surface area contributed by atoms with Crippen molar-refractivity contribution >= 4 is 35.1 Å². The summed E-state index contributed by atoms with van der Waals surface area (Å²) < 4.78 is 57.9. The average molecular weight is 593 g/mol. The van der Waals surface area contributed by atoms with Crippen molar-refractivity contribution in [1.29, 1.82) is 0 Å². The maximum Gasteiger partial charge on any atom is 0.214 e. The van der Waals surface area contributed by atoms with Crippen LogP contribution >= 0.6 is 23.5 Å². The Morgan fingerprint density at radius 1 is 1.10 bits per heavy atom. The molecule has 0 amide bonds. The molecule has 1 unspecified atom stereocenters. The highest BCUT2D eigenvalue weighted by atomic mass is 35.5. The third-order valence-electron chi connectivity index (χ3n) is 7.91. The molecule has 1 aromatic heterocycles. The molecule has 2 aromatic carbocycles. The molecule has 2 aliphatic rings. The Morgan fingerprint density at radius 2 is 1.88 bits per heavy atom. The lowest BCUT2D eigenvalue weighted by Gasteiger charge is -2.37. The summed E-state index contributed by atoms with van der Waals surface area (Å²) in [5.41, 5.74) is 1.00. The molecular weight excluding hydrogens is 561 g/mol. The normalized spacial score (nSPS) is 18.9. The molecular formula is C29H32ClF3N4O2S. The lowest BCUT2D eigenvalue weighted by Crippen LogP contribution is -2.48. The third-order valence-corrected chi connectivity index (χ3v) is 9.36. The van der Waals surface area contributed by atoms with E-state index >= 15 is 8.78 Å². The van der Waals surface area contributed by atoms with Crippen LogP contribution < -0.4 is 18.7 Å². The van der Waals surface area contributed by atoms with E-state index in [1.165, 1.54) is 42.5 Å². The predicted octanol–water partition coefficient (Wildman–Crippen LogP) is 6.80. The summed E-state index contributed by atoms with van der Waals surface area (Å²) >= 11 is 7.34. The van der Waals surface area contributed by atoms with Crippen LogP contribution in [0.4, 0.5) is 24.7 Å². The van der Waals surface area contributed by atoms with Crippen molar-refractivity contribution in [2.75, 3.05) is 50.6 Å². The Morgan fingerprint density at radius 3 is 2.52 bits per heavy atom. The fourth-order valence-corrected chi connectivity index (χ4v) is 6.80. The van der Waals surface area contributed by atoms with Gasteiger partial charge in [0.2, 0.25) is 5.95 Å². The van der Waals surface area contributed by atoms with Crippen LogP contribution in [0.5, 0.6) is 11.5 Å². The first-order valence-corrected chi connectivity index (χ1v) is 14.2. The van der Waals surface area contributed by atoms with Crippen LogP contribution in [-0.2, 0) is 6.54 Å². The van der Waals surface area contributed by atoms with Gasteiger partial charge in [-0.25, -0.2) is 13.8 Å². The van der Waals surface area contributed by atoms with Gasteiger partial charge in [0.1, 0.15) is 33.1 Å². The van der Waals surface area contributed by atoms with E-state index in [9.17, 15) is 4.39 Å². The topological polar surface area (TPSA) is 41.1 Å². The molecule has 214 valence electrons. The van der Waals surface area contributed by atoms with Gasteiger partial charge in [-0.2, -0.15) is 4.39 Å². The largest absolute Gasteiger partial charge is 0.497 e. The SMILES string of the molecule is COc1ccc(CN(Sc2c(F)cc(N3CCC(C4CC4)(N(C)C)C3)c(Cl)c2F)c2cccc(F)n2)c(OC)c1. The maximum absolute atomic E-state index is 15.8. The standard InChI is InChI=1S/C29H32ClF3N4O2S/c1-35(2)29(19-9-10-19)12-13-36(17-29)22-15-21(31)28(27(33)26(22)30)40-37(25-7-5-6-24(32)34-25)16-18-8-11-20(38-3)14-23(18)39-4/h5-8,11,14-15,19H,9-10,12-13,16-17H2,1-4H3. The van der Waals surface area contributed by atoms with Crippen molar-refractivity contribution in [3.8, 4) is 11.5 Å². The smallest absolute Gasteiger partial charge is 0.214 e. The molecule has 1 atom stereocenters. The Balaban J connectivity index is 1.47. The van der Waals surface area contributed by atoms with Gasteiger partial charge in [-0.1, -0.05) is 17.7 Å². The number of anilines is 2. The molecule has 5 rings (SSSR count). The zero-order valence-corrected chi connectivity index (χ0v) is 24.5. The molecule has 0 bridgehead atoms. The van der Waals surface area contributed by atoms with E-state index in [-0.39, 0.29) is 27.8 Å². The van der Waals surface area contributed by atoms with E-state index in [1.807, 2.05) is 4.90 Å². The highest BCUT2D eigenvalue weighted by Crippen LogP contribution is 2.49. The number of methoxy groups -OCH3 is 2. The summed E-state index contributed by atoms with van der Waals surface area (Å²) in [6.45, 7) is 1.42. The molecule has 3 aromatic rings. The monoisotopic (exact) mass is 592 g/mol. The van der Waals surface area contributed by atoms with Crippen molar-refractivity contribution < 1.29 is 22.6 Å². The number of hydrogen-bond donors (Lipinski definition) is 0. The maximum atomic E-state index is 15.8. The molecule has 0 spiro atoms. The first kappa shape index (κ1) is 28.7. The molecule has 0 radical (unpaired) electrons. The Hall–Kier alpha value is -2.82. The van der Waals surface area contributed by atoms with Gasteiger partial charge < -0.3 is 19.3 Å². The van der Waals surface area contributed by atoms with Crippen LogP contribution in [0, 0.1) is 23.5 Å². The molecule has 40 heavy (non-hydrogen) atoms. The van der Waals surface area contributed by atoms with E-state index in [0.29, 0.717) is 41.8 Å². The number of benzene rings is 2. The minimum Gasteiger partial charge on any atom is -0.497 e. The van der Waals surface area contributed by atoms with E-state index in [4.69, 9.17) is 21.1 Å². The summed E-state index contributed by atoms with van der Waals surface area (Å²) in [4.78, 5) is 7.88. The van der Waals surface area contributed by atoms with Gasteiger partial charge in [0.05, 0.1) is 26.5 Å². The summed E-state index contributed by atoms with van der Waals surface area (Å²) in [5.74, 6) is -0.472. The Kier molecular flexibility index (Phi) is 8.31. The van der Waals surface area contributed by atoms with Gasteiger partial charge >= 0.3 is 0 Å². The predicted molar refractivity (Wildman–Crippen MR) is 153 cm³/mol. The highest BCUT2D eigenvalue weighted by molar-refractivity contribution is 8.00. The van der Waals surface area contributed by atoms with Crippen molar-refractivity contribution in [1.82, 2.24) is 9.88 Å². The van der Waals surface area contributed by atoms with Gasteiger partial charge in [-0.3, -0.25) is 4.31 Å². The Labute approximate surface area is 242 Å². The molecule has 11 heteroatoms. The second kappa shape index (κ2) is 11.6. The lowest BCUT2D eigenvalue weighted by molar-refractivity contribution is 0.147. The van der Waals surface area contributed by atoms with Gasteiger partial charge in [-0.15, -0.1) is 0 Å². The van der Waals surface area contributed by atoms with Crippen LogP contribution in [-0.4, -0.2) is 56.8 Å². The van der Waals surface area contributed by atoms with Gasteiger partial charge in [-0.05, 0) is 75.5 Å². The number of pyridine rings is 1. The molecule has 0 N–H and O–H groups in total. The molecule has 2 heterocycles. The van der Waals surface area contributed by atoms with Crippen LogP contribution in [0.2, 0.25) is 5.02 Å². The molecule has 1 saturated carbocycles. The quantitative estimate of drug-likeness (QED) is 0.146. The number of halogens is 4. The average Bonchev–Trinajstić information content (AvgIpc) is 3.71. The lowest BCUT2D eigenvalue weighted by atomic mass is 9.91. The molecule has 1 aliphatic heterocycles. The molecule has 6 nitrogen and oxygen atoms in total. The summed E-state index contributed by atoms with van der Waals surface area (Å²) in [7, 11) is 7.19. The van der Waals surface area contributed by atoms with E-state index < -0.39 is 17.6 Å². The van der Waals surface area contributed by atoms with Crippen molar-refractivity contribution in [3.63, 3.8) is 0 Å². The fourth-order valence-electron chi connectivity index (χ4n) is 5.53. The van der Waals surface area contributed by atoms with Gasteiger partial charge in [0.15, 0.2) is 5.82 Å². The van der Waals surface area contributed by atoms with Crippen LogP contribution in [0.25, 0.3) is 0 Å². The van der Waals surface area contributed by atoms with Crippen LogP contribution in [0.1, 0.15) is 24.8 Å². The number of likely N-dealkylation sites (N-methyl/N-ethyl adjacent to an activating group) is 1. The minimum absolute atomic E-state index is 0.0268. The second-order valence-corrected chi connectivity index (χ2v) is 11.8. The van der Waals surface area contributed by atoms with E-state index in [2.05, 4.69) is 24.0 Å². The number of aromatic nitrogens is 1. The number of hydrogen-bond acceptors (Lipinski definition) is 7. The first-order chi connectivity index (χ1) is 19.2. The van der Waals surface area contributed by atoms with Crippen molar-refractivity contribution in [2.45, 2.75) is 36.2 Å². The zero-order valence-electron chi connectivity index (χ0n) is 22.9. The van der Waals surface area contributed by atoms with Crippen molar-refractivity contribution in [2.24, 2.45) is 5.92 Å². The Bertz CT molecular complexity index is 1390. The third kappa shape index (κ3) is 5.53. The molecule has 1 aliphatic carbocycles. The highest BCUT2D eigenvalue weighted by Gasteiger charge is 2.51. The number of nitrogens with zero attached hydrogens (tertiary/aromatic N) is 4. The van der Waals surface area contributed by atoms with E-state index in [1.54, 1.807) is 31.4 Å². The number of rotatable bonds is 10. The van der Waals surface area contributed by atoms with Crippen LogP contribution in [0.15, 0.2) is 47.4 Å². The zero-order chi connectivity index (χ0) is 28.6. The van der Waals surface area contributed by atoms with Gasteiger partial charge in [0.25, 0.3) is 0 Å². The summed E-state index contributed by atoms with van der Waals surface area (Å²) in [6.07, 6.45) is 3.24. The minimum atomic E-state index is -0.862. The molecule has 2 fully saturated rings. The summed E-state index contributed by atoms with van der Waals surface area (Å²) in [5, 5.41) is -0.136. The van der Waals surface area contributed by atoms with E-state index in [0.717, 1.165) is 18.4 Å². The second-order valence-electron chi connectivity index (χ2n) is 10.4. The van der Waals surface area contributed by atoms with Gasteiger partial charge in [0, 0.05) is 36.3 Å². The summed E-state index contributed by atoms with van der Waals surface area (Å²) in [6, 6.07) is 10.8. The first-order valence-electron chi connectivity index (χ1n) is 13.1. The fraction of sp³-hybridized carbons (Fsp3) is 0.414. The number of ether oxygens (including phenoxy) is 2. The van der Waals surface area contributed by atoms with Crippen molar-refractivity contribution in [3.05, 3.63) is 70.6 Å². The van der Waals surface area contributed by atoms with Crippen LogP contribution in [0.3, 0.4) is 0 Å².